The van der Waals surface area contributed by atoms with Crippen LogP contribution in [0, 0.1) is 11.3 Å². The van der Waals surface area contributed by atoms with Crippen LogP contribution in [0.25, 0.3) is 6.08 Å². The standard InChI is InChI=1S/C21H21NO5/c1-4-26-21(23)17(13-22)10-16-11-18(24-2)20(19(12-16)25-3)27-14-15-8-6-5-7-9-15/h5-12H,4,14H2,1-3H3/b17-10+. The lowest BCUT2D eigenvalue weighted by molar-refractivity contribution is -0.137. The molecule has 0 heterocycles. The van der Waals surface area contributed by atoms with Gasteiger partial charge in [0.05, 0.1) is 20.8 Å². The maximum Gasteiger partial charge on any atom is 0.348 e. The van der Waals surface area contributed by atoms with E-state index in [4.69, 9.17) is 18.9 Å². The SMILES string of the molecule is CCOC(=O)/C(C#N)=C/c1cc(OC)c(OCc2ccccc2)c(OC)c1. The largest absolute Gasteiger partial charge is 0.493 e. The van der Waals surface area contributed by atoms with Gasteiger partial charge in [0.25, 0.3) is 0 Å². The van der Waals surface area contributed by atoms with Crippen molar-refractivity contribution in [2.45, 2.75) is 13.5 Å². The molecule has 0 radical (unpaired) electrons. The maximum absolute atomic E-state index is 11.8. The second kappa shape index (κ2) is 9.88. The van der Waals surface area contributed by atoms with E-state index in [0.29, 0.717) is 29.4 Å². The van der Waals surface area contributed by atoms with E-state index in [9.17, 15) is 10.1 Å². The average molecular weight is 367 g/mol. The summed E-state index contributed by atoms with van der Waals surface area (Å²) in [4.78, 5) is 11.8. The number of nitriles is 1. The van der Waals surface area contributed by atoms with Crippen LogP contribution in [-0.4, -0.2) is 26.8 Å². The number of carbonyl (C=O) groups excluding carboxylic acids is 1. The molecule has 0 aliphatic heterocycles. The number of rotatable bonds is 8. The molecule has 0 aromatic heterocycles. The summed E-state index contributed by atoms with van der Waals surface area (Å²) in [5.41, 5.74) is 1.44. The van der Waals surface area contributed by atoms with Gasteiger partial charge in [0.2, 0.25) is 5.75 Å². The monoisotopic (exact) mass is 367 g/mol. The second-order valence-corrected chi connectivity index (χ2v) is 5.42. The van der Waals surface area contributed by atoms with Crippen LogP contribution in [0.1, 0.15) is 18.1 Å². The van der Waals surface area contributed by atoms with Gasteiger partial charge in [0, 0.05) is 0 Å². The van der Waals surface area contributed by atoms with Gasteiger partial charge in [-0.05, 0) is 36.3 Å². The fraction of sp³-hybridized carbons (Fsp3) is 0.238. The molecule has 0 spiro atoms. The highest BCUT2D eigenvalue weighted by atomic mass is 16.5. The molecule has 27 heavy (non-hydrogen) atoms. The van der Waals surface area contributed by atoms with Crippen LogP contribution in [0.2, 0.25) is 0 Å². The van der Waals surface area contributed by atoms with Crippen LogP contribution in [0.3, 0.4) is 0 Å². The topological polar surface area (TPSA) is 77.8 Å². The van der Waals surface area contributed by atoms with Gasteiger partial charge < -0.3 is 18.9 Å². The predicted molar refractivity (Wildman–Crippen MR) is 101 cm³/mol. The van der Waals surface area contributed by atoms with Crippen LogP contribution in [0.15, 0.2) is 48.0 Å². The van der Waals surface area contributed by atoms with Crippen LogP contribution in [0.4, 0.5) is 0 Å². The number of ether oxygens (including phenoxy) is 4. The first-order chi connectivity index (χ1) is 13.1. The Balaban J connectivity index is 2.35. The summed E-state index contributed by atoms with van der Waals surface area (Å²) in [6, 6.07) is 14.9. The molecular formula is C21H21NO5. The maximum atomic E-state index is 11.8. The summed E-state index contributed by atoms with van der Waals surface area (Å²) in [7, 11) is 3.02. The van der Waals surface area contributed by atoms with E-state index in [2.05, 4.69) is 0 Å². The summed E-state index contributed by atoms with van der Waals surface area (Å²) in [6.07, 6.45) is 1.42. The predicted octanol–water partition coefficient (Wildman–Crippen LogP) is 3.75. The number of esters is 1. The van der Waals surface area contributed by atoms with E-state index in [-0.39, 0.29) is 12.2 Å². The normalized spacial score (nSPS) is 10.7. The fourth-order valence-corrected chi connectivity index (χ4v) is 2.37. The molecule has 2 aromatic carbocycles. The van der Waals surface area contributed by atoms with Crippen molar-refractivity contribution in [1.29, 1.82) is 5.26 Å². The smallest absolute Gasteiger partial charge is 0.348 e. The van der Waals surface area contributed by atoms with E-state index in [1.165, 1.54) is 20.3 Å². The van der Waals surface area contributed by atoms with Gasteiger partial charge in [-0.2, -0.15) is 5.26 Å². The molecular weight excluding hydrogens is 346 g/mol. The highest BCUT2D eigenvalue weighted by Gasteiger charge is 2.16. The van der Waals surface area contributed by atoms with Crippen molar-refractivity contribution in [2.24, 2.45) is 0 Å². The van der Waals surface area contributed by atoms with E-state index in [1.54, 1.807) is 19.1 Å². The Labute approximate surface area is 158 Å². The first-order valence-corrected chi connectivity index (χ1v) is 8.34. The van der Waals surface area contributed by atoms with Crippen molar-refractivity contribution in [1.82, 2.24) is 0 Å². The van der Waals surface area contributed by atoms with Crippen LogP contribution in [-0.2, 0) is 16.1 Å². The van der Waals surface area contributed by atoms with Crippen LogP contribution in [0.5, 0.6) is 17.2 Å². The molecule has 0 aliphatic rings. The Morgan fingerprint density at radius 2 is 1.74 bits per heavy atom. The molecule has 6 nitrogen and oxygen atoms in total. The molecule has 0 unspecified atom stereocenters. The quantitative estimate of drug-likeness (QED) is 0.402. The zero-order valence-corrected chi connectivity index (χ0v) is 15.5. The molecule has 0 fully saturated rings. The van der Waals surface area contributed by atoms with Gasteiger partial charge in [-0.1, -0.05) is 30.3 Å². The third-order valence-corrected chi connectivity index (χ3v) is 3.64. The Bertz CT molecular complexity index is 828. The van der Waals surface area contributed by atoms with Gasteiger partial charge in [-0.3, -0.25) is 0 Å². The zero-order chi connectivity index (χ0) is 19.6. The highest BCUT2D eigenvalue weighted by molar-refractivity contribution is 5.98. The number of hydrogen-bond donors (Lipinski definition) is 0. The first-order valence-electron chi connectivity index (χ1n) is 8.34. The summed E-state index contributed by atoms with van der Waals surface area (Å²) in [6.45, 7) is 2.21. The number of nitrogens with zero attached hydrogens (tertiary/aromatic N) is 1. The van der Waals surface area contributed by atoms with Gasteiger partial charge in [0.15, 0.2) is 11.5 Å². The Morgan fingerprint density at radius 3 is 2.26 bits per heavy atom. The van der Waals surface area contributed by atoms with Crippen molar-refractivity contribution < 1.29 is 23.7 Å². The molecule has 0 atom stereocenters. The Hall–Kier alpha value is -3.46. The van der Waals surface area contributed by atoms with E-state index >= 15 is 0 Å². The summed E-state index contributed by atoms with van der Waals surface area (Å²) in [5, 5.41) is 9.20. The van der Waals surface area contributed by atoms with Gasteiger partial charge >= 0.3 is 5.97 Å². The van der Waals surface area contributed by atoms with Gasteiger partial charge in [-0.25, -0.2) is 4.79 Å². The van der Waals surface area contributed by atoms with Crippen molar-refractivity contribution in [3.05, 3.63) is 59.2 Å². The molecule has 2 rings (SSSR count). The fourth-order valence-electron chi connectivity index (χ4n) is 2.37. The lowest BCUT2D eigenvalue weighted by Gasteiger charge is -2.15. The van der Waals surface area contributed by atoms with Crippen molar-refractivity contribution in [3.8, 4) is 23.3 Å². The van der Waals surface area contributed by atoms with Crippen molar-refractivity contribution >= 4 is 12.0 Å². The van der Waals surface area contributed by atoms with E-state index in [0.717, 1.165) is 5.56 Å². The molecule has 6 heteroatoms. The third-order valence-electron chi connectivity index (χ3n) is 3.64. The highest BCUT2D eigenvalue weighted by Crippen LogP contribution is 2.39. The minimum atomic E-state index is -0.678. The Morgan fingerprint density at radius 1 is 1.11 bits per heavy atom. The van der Waals surface area contributed by atoms with Crippen molar-refractivity contribution in [3.63, 3.8) is 0 Å². The summed E-state index contributed by atoms with van der Waals surface area (Å²) >= 11 is 0. The van der Waals surface area contributed by atoms with Crippen LogP contribution >= 0.6 is 0 Å². The molecule has 0 N–H and O–H groups in total. The molecule has 0 bridgehead atoms. The summed E-state index contributed by atoms with van der Waals surface area (Å²) in [5.74, 6) is 0.619. The second-order valence-electron chi connectivity index (χ2n) is 5.42. The zero-order valence-electron chi connectivity index (χ0n) is 15.5. The molecule has 0 saturated carbocycles. The number of benzene rings is 2. The molecule has 140 valence electrons. The Kier molecular flexibility index (Phi) is 7.26. The minimum absolute atomic E-state index is 0.112. The van der Waals surface area contributed by atoms with Crippen LogP contribution < -0.4 is 14.2 Å². The lowest BCUT2D eigenvalue weighted by atomic mass is 10.1. The number of carbonyl (C=O) groups is 1. The first kappa shape index (κ1) is 19.9. The van der Waals surface area contributed by atoms with Crippen molar-refractivity contribution in [2.75, 3.05) is 20.8 Å². The lowest BCUT2D eigenvalue weighted by Crippen LogP contribution is -2.06. The van der Waals surface area contributed by atoms with Gasteiger partial charge in [0.1, 0.15) is 18.2 Å². The molecule has 0 saturated heterocycles. The van der Waals surface area contributed by atoms with Gasteiger partial charge in [-0.15, -0.1) is 0 Å². The molecule has 0 amide bonds. The molecule has 0 aliphatic carbocycles. The third kappa shape index (κ3) is 5.25. The number of hydrogen-bond acceptors (Lipinski definition) is 6. The van der Waals surface area contributed by atoms with E-state index in [1.807, 2.05) is 36.4 Å². The van der Waals surface area contributed by atoms with E-state index < -0.39 is 5.97 Å². The summed E-state index contributed by atoms with van der Waals surface area (Å²) < 4.78 is 21.6. The average Bonchev–Trinajstić information content (AvgIpc) is 2.71. The molecule has 2 aromatic rings. The minimum Gasteiger partial charge on any atom is -0.493 e. The number of methoxy groups -OCH3 is 2.